The molecule has 5 heteroatoms. The number of rotatable bonds is 4. The van der Waals surface area contributed by atoms with Gasteiger partial charge in [0.1, 0.15) is 5.82 Å². The van der Waals surface area contributed by atoms with Crippen LogP contribution in [0.3, 0.4) is 0 Å². The van der Waals surface area contributed by atoms with Crippen LogP contribution in [0.15, 0.2) is 48.5 Å². The van der Waals surface area contributed by atoms with E-state index in [0.717, 1.165) is 35.0 Å². The summed E-state index contributed by atoms with van der Waals surface area (Å²) >= 11 is 1.37. The maximum atomic E-state index is 13.4. The van der Waals surface area contributed by atoms with Crippen molar-refractivity contribution in [1.29, 1.82) is 0 Å². The van der Waals surface area contributed by atoms with Crippen LogP contribution in [0, 0.1) is 11.7 Å². The van der Waals surface area contributed by atoms with Crippen molar-refractivity contribution >= 4 is 32.6 Å². The van der Waals surface area contributed by atoms with Crippen molar-refractivity contribution in [2.45, 2.75) is 25.8 Å². The average Bonchev–Trinajstić information content (AvgIpc) is 2.94. The number of hydrogen-bond acceptors (Lipinski definition) is 3. The van der Waals surface area contributed by atoms with E-state index in [1.165, 1.54) is 23.5 Å². The summed E-state index contributed by atoms with van der Waals surface area (Å²) in [6.45, 7) is 0.498. The molecule has 24 heavy (non-hydrogen) atoms. The van der Waals surface area contributed by atoms with Crippen LogP contribution in [0.4, 0.5) is 9.52 Å². The number of anilines is 1. The second kappa shape index (κ2) is 6.32. The summed E-state index contributed by atoms with van der Waals surface area (Å²) < 4.78 is 14.2. The summed E-state index contributed by atoms with van der Waals surface area (Å²) in [6.07, 6.45) is 3.01. The van der Waals surface area contributed by atoms with Gasteiger partial charge in [0.2, 0.25) is 5.91 Å². The zero-order valence-electron chi connectivity index (χ0n) is 13.1. The van der Waals surface area contributed by atoms with Crippen LogP contribution in [-0.4, -0.2) is 10.9 Å². The normalized spacial score (nSPS) is 14.5. The van der Waals surface area contributed by atoms with E-state index in [2.05, 4.69) is 4.98 Å². The van der Waals surface area contributed by atoms with Crippen molar-refractivity contribution in [3.8, 4) is 0 Å². The van der Waals surface area contributed by atoms with Crippen LogP contribution in [0.25, 0.3) is 10.2 Å². The third-order valence-electron chi connectivity index (χ3n) is 4.47. The maximum absolute atomic E-state index is 13.4. The molecule has 0 aliphatic heterocycles. The van der Waals surface area contributed by atoms with E-state index in [1.54, 1.807) is 11.0 Å². The van der Waals surface area contributed by atoms with Gasteiger partial charge < -0.3 is 0 Å². The number of thiazole rings is 1. The molecule has 1 aromatic heterocycles. The number of carbonyl (C=O) groups excluding carboxylic acids is 1. The fourth-order valence-electron chi connectivity index (χ4n) is 2.88. The Bertz CT molecular complexity index is 873. The first-order chi connectivity index (χ1) is 11.7. The van der Waals surface area contributed by atoms with Gasteiger partial charge in [-0.25, -0.2) is 9.37 Å². The molecule has 0 unspecified atom stereocenters. The fraction of sp³-hybridized carbons (Fsp3) is 0.263. The maximum Gasteiger partial charge on any atom is 0.232 e. The minimum atomic E-state index is -0.280. The smallest absolute Gasteiger partial charge is 0.232 e. The SMILES string of the molecule is O=C(C1CCC1)N(Cc1ccccc1)c1nc2ccc(F)cc2s1. The second-order valence-electron chi connectivity index (χ2n) is 6.15. The van der Waals surface area contributed by atoms with Crippen molar-refractivity contribution in [3.05, 3.63) is 59.9 Å². The highest BCUT2D eigenvalue weighted by Gasteiger charge is 2.31. The van der Waals surface area contributed by atoms with Gasteiger partial charge >= 0.3 is 0 Å². The van der Waals surface area contributed by atoms with Gasteiger partial charge in [-0.15, -0.1) is 0 Å². The van der Waals surface area contributed by atoms with Crippen LogP contribution < -0.4 is 4.90 Å². The molecule has 122 valence electrons. The van der Waals surface area contributed by atoms with E-state index in [1.807, 2.05) is 30.3 Å². The molecule has 1 saturated carbocycles. The highest BCUT2D eigenvalue weighted by Crippen LogP contribution is 2.35. The van der Waals surface area contributed by atoms with Gasteiger partial charge in [0, 0.05) is 5.92 Å². The lowest BCUT2D eigenvalue weighted by Crippen LogP contribution is -2.38. The van der Waals surface area contributed by atoms with E-state index >= 15 is 0 Å². The average molecular weight is 340 g/mol. The van der Waals surface area contributed by atoms with Crippen LogP contribution >= 0.6 is 11.3 Å². The predicted molar refractivity (Wildman–Crippen MR) is 94.6 cm³/mol. The Labute approximate surface area is 143 Å². The van der Waals surface area contributed by atoms with E-state index in [4.69, 9.17) is 0 Å². The molecule has 0 atom stereocenters. The van der Waals surface area contributed by atoms with E-state index in [9.17, 15) is 9.18 Å². The van der Waals surface area contributed by atoms with Gasteiger partial charge in [0.25, 0.3) is 0 Å². The van der Waals surface area contributed by atoms with Gasteiger partial charge in [-0.2, -0.15) is 0 Å². The van der Waals surface area contributed by atoms with E-state index < -0.39 is 0 Å². The molecule has 1 aliphatic rings. The van der Waals surface area contributed by atoms with E-state index in [-0.39, 0.29) is 17.6 Å². The lowest BCUT2D eigenvalue weighted by Gasteiger charge is -2.30. The number of amides is 1. The minimum absolute atomic E-state index is 0.0949. The number of fused-ring (bicyclic) bond motifs is 1. The molecule has 3 aromatic rings. The number of aromatic nitrogens is 1. The molecular weight excluding hydrogens is 323 g/mol. The summed E-state index contributed by atoms with van der Waals surface area (Å²) in [7, 11) is 0. The van der Waals surface area contributed by atoms with Crippen LogP contribution in [0.1, 0.15) is 24.8 Å². The van der Waals surface area contributed by atoms with Gasteiger partial charge in [-0.1, -0.05) is 48.1 Å². The minimum Gasteiger partial charge on any atom is -0.283 e. The summed E-state index contributed by atoms with van der Waals surface area (Å²) in [4.78, 5) is 19.2. The first-order valence-electron chi connectivity index (χ1n) is 8.12. The molecule has 1 aliphatic carbocycles. The molecule has 1 heterocycles. The summed E-state index contributed by atoms with van der Waals surface area (Å²) in [5.41, 5.74) is 1.80. The van der Waals surface area contributed by atoms with Crippen molar-refractivity contribution in [3.63, 3.8) is 0 Å². The predicted octanol–water partition coefficient (Wildman–Crippen LogP) is 4.77. The molecule has 3 nitrogen and oxygen atoms in total. The Hall–Kier alpha value is -2.27. The third-order valence-corrected chi connectivity index (χ3v) is 5.52. The molecule has 1 amide bonds. The van der Waals surface area contributed by atoms with Crippen molar-refractivity contribution in [2.24, 2.45) is 5.92 Å². The Morgan fingerprint density at radius 3 is 2.71 bits per heavy atom. The highest BCUT2D eigenvalue weighted by molar-refractivity contribution is 7.22. The number of nitrogens with zero attached hydrogens (tertiary/aromatic N) is 2. The van der Waals surface area contributed by atoms with Crippen molar-refractivity contribution in [1.82, 2.24) is 4.98 Å². The number of benzene rings is 2. The molecule has 4 rings (SSSR count). The first kappa shape index (κ1) is 15.3. The second-order valence-corrected chi connectivity index (χ2v) is 7.16. The Morgan fingerprint density at radius 1 is 1.21 bits per heavy atom. The first-order valence-corrected chi connectivity index (χ1v) is 8.94. The third kappa shape index (κ3) is 2.91. The number of hydrogen-bond donors (Lipinski definition) is 0. The molecule has 0 bridgehead atoms. The standard InChI is InChI=1S/C19H17FN2OS/c20-15-9-10-16-17(11-15)24-19(21-16)22(18(23)14-7-4-8-14)12-13-5-2-1-3-6-13/h1-3,5-6,9-11,14H,4,7-8,12H2. The lowest BCUT2D eigenvalue weighted by molar-refractivity contribution is -0.124. The number of carbonyl (C=O) groups is 1. The zero-order chi connectivity index (χ0) is 16.5. The molecular formula is C19H17FN2OS. The number of halogens is 1. The van der Waals surface area contributed by atoms with Gasteiger partial charge in [-0.05, 0) is 36.6 Å². The largest absolute Gasteiger partial charge is 0.283 e. The summed E-state index contributed by atoms with van der Waals surface area (Å²) in [6, 6.07) is 14.5. The molecule has 2 aromatic carbocycles. The lowest BCUT2D eigenvalue weighted by atomic mass is 9.84. The quantitative estimate of drug-likeness (QED) is 0.685. The van der Waals surface area contributed by atoms with Gasteiger partial charge in [-0.3, -0.25) is 9.69 Å². The topological polar surface area (TPSA) is 33.2 Å². The molecule has 0 radical (unpaired) electrons. The van der Waals surface area contributed by atoms with Crippen LogP contribution in [0.2, 0.25) is 0 Å². The Morgan fingerprint density at radius 2 is 2.00 bits per heavy atom. The zero-order valence-corrected chi connectivity index (χ0v) is 13.9. The van der Waals surface area contributed by atoms with Crippen LogP contribution in [-0.2, 0) is 11.3 Å². The summed E-state index contributed by atoms with van der Waals surface area (Å²) in [5, 5.41) is 0.649. The molecule has 0 spiro atoms. The Kier molecular flexibility index (Phi) is 4.02. The van der Waals surface area contributed by atoms with Crippen molar-refractivity contribution < 1.29 is 9.18 Å². The highest BCUT2D eigenvalue weighted by atomic mass is 32.1. The Balaban J connectivity index is 1.71. The summed E-state index contributed by atoms with van der Waals surface area (Å²) in [5.74, 6) is -0.0558. The molecule has 1 fully saturated rings. The van der Waals surface area contributed by atoms with Gasteiger partial charge in [0.05, 0.1) is 16.8 Å². The molecule has 0 N–H and O–H groups in total. The van der Waals surface area contributed by atoms with E-state index in [0.29, 0.717) is 11.7 Å². The molecule has 0 saturated heterocycles. The van der Waals surface area contributed by atoms with Gasteiger partial charge in [0.15, 0.2) is 5.13 Å². The fourth-order valence-corrected chi connectivity index (χ4v) is 3.88. The monoisotopic (exact) mass is 340 g/mol. The van der Waals surface area contributed by atoms with Crippen LogP contribution in [0.5, 0.6) is 0 Å². The van der Waals surface area contributed by atoms with Crippen molar-refractivity contribution in [2.75, 3.05) is 4.90 Å².